The predicted molar refractivity (Wildman–Crippen MR) is 72.7 cm³/mol. The zero-order valence-electron chi connectivity index (χ0n) is 11.4. The zero-order valence-corrected chi connectivity index (χ0v) is 12.1. The summed E-state index contributed by atoms with van der Waals surface area (Å²) in [6.07, 6.45) is 2.69. The van der Waals surface area contributed by atoms with Crippen molar-refractivity contribution in [3.8, 4) is 5.75 Å². The fourth-order valence-corrected chi connectivity index (χ4v) is 1.95. The lowest BCUT2D eigenvalue weighted by molar-refractivity contribution is -0.456. The standard InChI is InChI=1S/C14H16N2O3.ClH/c1-9(14(17)18)15-6-5-10-8-16-13-4-3-11(19-2)7-12(10)13;/h3-4,7-8,16H,5-6H2,1-2H3,(H,17,18);1H. The number of hydrogen-bond acceptors (Lipinski definition) is 2. The smallest absolute Gasteiger partial charge is 0.395 e. The van der Waals surface area contributed by atoms with E-state index in [1.165, 1.54) is 0 Å². The highest BCUT2D eigenvalue weighted by Gasteiger charge is 2.09. The Morgan fingerprint density at radius 3 is 2.85 bits per heavy atom. The molecule has 0 unspecified atom stereocenters. The van der Waals surface area contributed by atoms with Gasteiger partial charge in [-0.15, -0.1) is 0 Å². The second-order valence-corrected chi connectivity index (χ2v) is 4.33. The first-order valence-electron chi connectivity index (χ1n) is 6.06. The van der Waals surface area contributed by atoms with Crippen molar-refractivity contribution in [3.63, 3.8) is 0 Å². The molecule has 6 heteroatoms. The number of carboxylic acids is 1. The highest BCUT2D eigenvalue weighted by molar-refractivity contribution is 6.31. The fraction of sp³-hybridized carbons (Fsp3) is 0.286. The van der Waals surface area contributed by atoms with Crippen LogP contribution in [-0.2, 0) is 11.2 Å². The molecule has 1 aromatic heterocycles. The number of H-pyrrole nitrogens is 1. The summed E-state index contributed by atoms with van der Waals surface area (Å²) in [6.45, 7) is 2.14. The molecule has 0 bridgehead atoms. The van der Waals surface area contributed by atoms with Crippen molar-refractivity contribution in [2.45, 2.75) is 13.3 Å². The van der Waals surface area contributed by atoms with Crippen LogP contribution in [0.25, 0.3) is 10.9 Å². The number of aromatic amines is 1. The maximum atomic E-state index is 10.7. The summed E-state index contributed by atoms with van der Waals surface area (Å²) in [5, 5.41) is 9.86. The number of fused-ring (bicyclic) bond motifs is 1. The number of aromatic nitrogens is 1. The first-order valence-corrected chi connectivity index (χ1v) is 6.06. The molecular weight excluding hydrogens is 280 g/mol. The van der Waals surface area contributed by atoms with Gasteiger partial charge in [-0.3, -0.25) is 0 Å². The van der Waals surface area contributed by atoms with Gasteiger partial charge in [0.05, 0.1) is 7.11 Å². The molecule has 0 amide bonds. The summed E-state index contributed by atoms with van der Waals surface area (Å²) < 4.78 is 5.21. The minimum Gasteiger partial charge on any atom is -1.00 e. The average molecular weight is 297 g/mol. The third-order valence-corrected chi connectivity index (χ3v) is 3.08. The van der Waals surface area contributed by atoms with Crippen LogP contribution in [0.2, 0.25) is 0 Å². The first kappa shape index (κ1) is 16.0. The Morgan fingerprint density at radius 2 is 2.20 bits per heavy atom. The van der Waals surface area contributed by atoms with E-state index in [1.807, 2.05) is 24.4 Å². The molecule has 108 valence electrons. The summed E-state index contributed by atoms with van der Waals surface area (Å²) in [4.78, 5) is 16.7. The van der Waals surface area contributed by atoms with Crippen LogP contribution < -0.4 is 22.1 Å². The summed E-state index contributed by atoms with van der Waals surface area (Å²) >= 11 is 0. The Morgan fingerprint density at radius 1 is 1.45 bits per heavy atom. The Kier molecular flexibility index (Phi) is 5.58. The Bertz CT molecular complexity index is 634. The van der Waals surface area contributed by atoms with Gasteiger partial charge >= 0.3 is 5.97 Å². The molecule has 3 N–H and O–H groups in total. The number of ether oxygens (including phenoxy) is 1. The number of hydrogen-bond donors (Lipinski definition) is 3. The van der Waals surface area contributed by atoms with Crippen molar-refractivity contribution < 1.29 is 32.0 Å². The van der Waals surface area contributed by atoms with Gasteiger partial charge in [0, 0.05) is 30.4 Å². The monoisotopic (exact) mass is 296 g/mol. The van der Waals surface area contributed by atoms with Gasteiger partial charge in [-0.2, -0.15) is 0 Å². The van der Waals surface area contributed by atoms with Gasteiger partial charge in [0.2, 0.25) is 0 Å². The predicted octanol–water partition coefficient (Wildman–Crippen LogP) is -2.65. The molecular formula is C14H17ClN2O3. The van der Waals surface area contributed by atoms with E-state index in [4.69, 9.17) is 9.84 Å². The number of aliphatic carboxylic acids is 1. The van der Waals surface area contributed by atoms with E-state index in [0.717, 1.165) is 28.6 Å². The molecule has 2 rings (SSSR count). The van der Waals surface area contributed by atoms with Gasteiger partial charge < -0.3 is 27.2 Å². The van der Waals surface area contributed by atoms with Crippen LogP contribution in [0.5, 0.6) is 5.75 Å². The maximum Gasteiger partial charge on any atom is 0.395 e. The normalized spacial score (nSPS) is 11.2. The summed E-state index contributed by atoms with van der Waals surface area (Å²) in [5.74, 6) is -0.102. The van der Waals surface area contributed by atoms with Crippen LogP contribution in [0.1, 0.15) is 12.5 Å². The average Bonchev–Trinajstić information content (AvgIpc) is 2.81. The van der Waals surface area contributed by atoms with Gasteiger partial charge in [0.1, 0.15) is 12.3 Å². The molecule has 5 nitrogen and oxygen atoms in total. The van der Waals surface area contributed by atoms with E-state index in [0.29, 0.717) is 6.54 Å². The highest BCUT2D eigenvalue weighted by atomic mass is 35.5. The number of methoxy groups -OCH3 is 1. The van der Waals surface area contributed by atoms with Crippen molar-refractivity contribution in [3.05, 3.63) is 30.0 Å². The molecule has 0 atom stereocenters. The number of halogens is 1. The minimum atomic E-state index is -0.916. The molecule has 1 heterocycles. The van der Waals surface area contributed by atoms with E-state index in [9.17, 15) is 4.79 Å². The van der Waals surface area contributed by atoms with Gasteiger partial charge in [0.15, 0.2) is 0 Å². The van der Waals surface area contributed by atoms with E-state index in [-0.39, 0.29) is 18.1 Å². The number of benzene rings is 1. The molecule has 0 aliphatic heterocycles. The Balaban J connectivity index is 0.00000200. The van der Waals surface area contributed by atoms with Crippen LogP contribution in [0.15, 0.2) is 24.4 Å². The largest absolute Gasteiger partial charge is 1.00 e. The van der Waals surface area contributed by atoms with Crippen molar-refractivity contribution in [2.24, 2.45) is 0 Å². The van der Waals surface area contributed by atoms with Crippen LogP contribution in [0, 0.1) is 0 Å². The van der Waals surface area contributed by atoms with E-state index in [1.54, 1.807) is 14.0 Å². The molecule has 0 saturated carbocycles. The summed E-state index contributed by atoms with van der Waals surface area (Å²) in [5.41, 5.74) is 2.45. The molecule has 0 spiro atoms. The third kappa shape index (κ3) is 3.51. The minimum absolute atomic E-state index is 0. The number of carboxylic acid groups (broad SMARTS) is 1. The molecule has 0 radical (unpaired) electrons. The quantitative estimate of drug-likeness (QED) is 0.528. The lowest BCUT2D eigenvalue weighted by Gasteiger charge is -2.00. The third-order valence-electron chi connectivity index (χ3n) is 3.08. The number of nitrogens with one attached hydrogen (secondary N) is 2. The van der Waals surface area contributed by atoms with Gasteiger partial charge in [-0.05, 0) is 23.8 Å². The van der Waals surface area contributed by atoms with Gasteiger partial charge in [-0.1, -0.05) is 0 Å². The number of carbonyl (C=O) groups is 1. The second kappa shape index (κ2) is 6.96. The van der Waals surface area contributed by atoms with Crippen LogP contribution in [0.4, 0.5) is 0 Å². The molecule has 1 aromatic carbocycles. The van der Waals surface area contributed by atoms with Gasteiger partial charge in [-0.25, -0.2) is 9.79 Å². The molecule has 0 saturated heterocycles. The molecule has 0 aliphatic carbocycles. The lowest BCUT2D eigenvalue weighted by atomic mass is 10.1. The second-order valence-electron chi connectivity index (χ2n) is 4.33. The molecule has 20 heavy (non-hydrogen) atoms. The van der Waals surface area contributed by atoms with Crippen molar-refractivity contribution in [1.29, 1.82) is 0 Å². The molecule has 0 aliphatic rings. The van der Waals surface area contributed by atoms with Gasteiger partial charge in [0.25, 0.3) is 5.71 Å². The molecule has 2 aromatic rings. The zero-order chi connectivity index (χ0) is 13.8. The molecule has 0 fully saturated rings. The number of rotatable bonds is 5. The maximum absolute atomic E-state index is 10.7. The fourth-order valence-electron chi connectivity index (χ4n) is 1.95. The van der Waals surface area contributed by atoms with E-state index >= 15 is 0 Å². The topological polar surface area (TPSA) is 76.3 Å². The van der Waals surface area contributed by atoms with Crippen LogP contribution in [-0.4, -0.2) is 35.4 Å². The SMILES string of the molecule is COc1ccc2[nH]cc(CC[NH+]=C(C)C(=O)O)c2c1.[Cl-]. The summed E-state index contributed by atoms with van der Waals surface area (Å²) in [7, 11) is 1.64. The highest BCUT2D eigenvalue weighted by Crippen LogP contribution is 2.23. The Hall–Kier alpha value is -2.01. The van der Waals surface area contributed by atoms with Crippen molar-refractivity contribution >= 4 is 22.6 Å². The van der Waals surface area contributed by atoms with Crippen LogP contribution >= 0.6 is 0 Å². The van der Waals surface area contributed by atoms with Crippen molar-refractivity contribution in [1.82, 2.24) is 4.98 Å². The summed E-state index contributed by atoms with van der Waals surface area (Å²) in [6, 6.07) is 5.86. The van der Waals surface area contributed by atoms with E-state index < -0.39 is 5.97 Å². The Labute approximate surface area is 123 Å². The van der Waals surface area contributed by atoms with E-state index in [2.05, 4.69) is 9.98 Å². The first-order chi connectivity index (χ1) is 9.11. The lowest BCUT2D eigenvalue weighted by Crippen LogP contribution is -3.00. The van der Waals surface area contributed by atoms with Crippen LogP contribution in [0.3, 0.4) is 0 Å². The van der Waals surface area contributed by atoms with Crippen molar-refractivity contribution in [2.75, 3.05) is 13.7 Å².